The monoisotopic (exact) mass is 361 g/mol. The van der Waals surface area contributed by atoms with Gasteiger partial charge in [-0.25, -0.2) is 0 Å². The van der Waals surface area contributed by atoms with Crippen molar-refractivity contribution in [3.8, 4) is 0 Å². The third-order valence-corrected chi connectivity index (χ3v) is 3.80. The molecule has 0 aliphatic heterocycles. The second kappa shape index (κ2) is 7.70. The van der Waals surface area contributed by atoms with Crippen LogP contribution in [0.15, 0.2) is 30.4 Å². The van der Waals surface area contributed by atoms with Crippen molar-refractivity contribution < 1.29 is 27.5 Å². The lowest BCUT2D eigenvalue weighted by Crippen LogP contribution is -2.22. The molecule has 0 heterocycles. The van der Waals surface area contributed by atoms with Gasteiger partial charge in [-0.2, -0.15) is 13.2 Å². The second-order valence-electron chi connectivity index (χ2n) is 5.37. The molecule has 2 rings (SSSR count). The Hall–Kier alpha value is -2.02. The van der Waals surface area contributed by atoms with Crippen molar-refractivity contribution in [2.75, 3.05) is 11.9 Å². The van der Waals surface area contributed by atoms with Crippen LogP contribution in [0.1, 0.15) is 24.8 Å². The molecule has 1 aliphatic carbocycles. The Bertz CT molecular complexity index is 658. The second-order valence-corrected chi connectivity index (χ2v) is 5.78. The number of carbonyl (C=O) groups is 2. The lowest BCUT2D eigenvalue weighted by molar-refractivity contribution is -0.147. The van der Waals surface area contributed by atoms with E-state index >= 15 is 0 Å². The molecule has 0 fully saturated rings. The van der Waals surface area contributed by atoms with E-state index in [1.807, 2.05) is 12.2 Å². The molecule has 0 bridgehead atoms. The molecule has 1 aliphatic rings. The lowest BCUT2D eigenvalue weighted by atomic mass is 10.1. The normalized spacial score (nSPS) is 16.9. The Labute approximate surface area is 141 Å². The summed E-state index contributed by atoms with van der Waals surface area (Å²) in [5.74, 6) is -1.18. The number of esters is 1. The summed E-state index contributed by atoms with van der Waals surface area (Å²) in [5, 5.41) is 2.17. The highest BCUT2D eigenvalue weighted by molar-refractivity contribution is 6.33. The molecule has 0 saturated carbocycles. The number of anilines is 1. The Morgan fingerprint density at radius 3 is 2.71 bits per heavy atom. The van der Waals surface area contributed by atoms with Crippen molar-refractivity contribution in [1.29, 1.82) is 0 Å². The molecule has 4 nitrogen and oxygen atoms in total. The quantitative estimate of drug-likeness (QED) is 0.631. The predicted octanol–water partition coefficient (Wildman–Crippen LogP) is 4.20. The van der Waals surface area contributed by atoms with Gasteiger partial charge in [-0.3, -0.25) is 9.59 Å². The Morgan fingerprint density at radius 1 is 1.33 bits per heavy atom. The molecule has 1 atom stereocenters. The van der Waals surface area contributed by atoms with Gasteiger partial charge in [-0.15, -0.1) is 0 Å². The van der Waals surface area contributed by atoms with E-state index in [4.69, 9.17) is 16.3 Å². The maximum Gasteiger partial charge on any atom is 0.416 e. The van der Waals surface area contributed by atoms with E-state index in [-0.39, 0.29) is 23.0 Å². The first kappa shape index (κ1) is 18.3. The van der Waals surface area contributed by atoms with E-state index in [1.54, 1.807) is 0 Å². The van der Waals surface area contributed by atoms with Gasteiger partial charge in [0.1, 0.15) is 0 Å². The van der Waals surface area contributed by atoms with Crippen molar-refractivity contribution in [3.63, 3.8) is 0 Å². The number of amides is 1. The number of hydrogen-bond acceptors (Lipinski definition) is 3. The molecule has 0 unspecified atom stereocenters. The van der Waals surface area contributed by atoms with Crippen LogP contribution in [0.2, 0.25) is 5.02 Å². The number of ether oxygens (including phenoxy) is 1. The minimum atomic E-state index is -4.55. The van der Waals surface area contributed by atoms with Gasteiger partial charge in [0.05, 0.1) is 22.7 Å². The molecule has 0 radical (unpaired) electrons. The van der Waals surface area contributed by atoms with Crippen LogP contribution in [-0.4, -0.2) is 18.5 Å². The van der Waals surface area contributed by atoms with Gasteiger partial charge in [0.25, 0.3) is 5.91 Å². The van der Waals surface area contributed by atoms with E-state index in [1.165, 1.54) is 0 Å². The SMILES string of the molecule is O=C(COC(=O)C[C@H]1C=CCC1)Nc1cc(C(F)(F)F)ccc1Cl. The fourth-order valence-electron chi connectivity index (χ4n) is 2.27. The Kier molecular flexibility index (Phi) is 5.88. The van der Waals surface area contributed by atoms with Crippen molar-refractivity contribution in [1.82, 2.24) is 0 Å². The van der Waals surface area contributed by atoms with Crippen LogP contribution in [-0.2, 0) is 20.5 Å². The zero-order valence-corrected chi connectivity index (χ0v) is 13.3. The van der Waals surface area contributed by atoms with Gasteiger partial charge in [-0.1, -0.05) is 23.8 Å². The summed E-state index contributed by atoms with van der Waals surface area (Å²) >= 11 is 5.77. The van der Waals surface area contributed by atoms with E-state index in [2.05, 4.69) is 5.32 Å². The molecule has 0 spiro atoms. The van der Waals surface area contributed by atoms with Crippen LogP contribution >= 0.6 is 11.6 Å². The number of nitrogens with one attached hydrogen (secondary N) is 1. The number of halogens is 4. The maximum atomic E-state index is 12.7. The van der Waals surface area contributed by atoms with Crippen LogP contribution < -0.4 is 5.32 Å². The number of allylic oxidation sites excluding steroid dienone is 2. The lowest BCUT2D eigenvalue weighted by Gasteiger charge is -2.12. The van der Waals surface area contributed by atoms with Gasteiger partial charge < -0.3 is 10.1 Å². The number of alkyl halides is 3. The smallest absolute Gasteiger partial charge is 0.416 e. The Balaban J connectivity index is 1.87. The van der Waals surface area contributed by atoms with Crippen LogP contribution in [0, 0.1) is 5.92 Å². The summed E-state index contributed by atoms with van der Waals surface area (Å²) < 4.78 is 42.8. The largest absolute Gasteiger partial charge is 0.456 e. The van der Waals surface area contributed by atoms with Gasteiger partial charge in [-0.05, 0) is 37.0 Å². The molecule has 1 N–H and O–H groups in total. The van der Waals surface area contributed by atoms with Gasteiger partial charge in [0, 0.05) is 0 Å². The Morgan fingerprint density at radius 2 is 2.08 bits per heavy atom. The van der Waals surface area contributed by atoms with Crippen LogP contribution in [0.25, 0.3) is 0 Å². The average Bonchev–Trinajstić information content (AvgIpc) is 2.99. The predicted molar refractivity (Wildman–Crippen MR) is 82.5 cm³/mol. The van der Waals surface area contributed by atoms with E-state index in [0.29, 0.717) is 0 Å². The molecular weight excluding hydrogens is 347 g/mol. The third-order valence-electron chi connectivity index (χ3n) is 3.47. The van der Waals surface area contributed by atoms with E-state index in [0.717, 1.165) is 31.0 Å². The first-order chi connectivity index (χ1) is 11.3. The fourth-order valence-corrected chi connectivity index (χ4v) is 2.43. The minimum absolute atomic E-state index is 0.0428. The zero-order valence-electron chi connectivity index (χ0n) is 12.5. The van der Waals surface area contributed by atoms with Crippen LogP contribution in [0.4, 0.5) is 18.9 Å². The van der Waals surface area contributed by atoms with Crippen molar-refractivity contribution in [2.45, 2.75) is 25.4 Å². The van der Waals surface area contributed by atoms with Gasteiger partial charge in [0.2, 0.25) is 0 Å². The van der Waals surface area contributed by atoms with Crippen molar-refractivity contribution in [3.05, 3.63) is 40.9 Å². The highest BCUT2D eigenvalue weighted by Gasteiger charge is 2.31. The summed E-state index contributed by atoms with van der Waals surface area (Å²) in [6.07, 6.45) is 1.29. The van der Waals surface area contributed by atoms with E-state index in [9.17, 15) is 22.8 Å². The molecule has 1 amide bonds. The molecule has 130 valence electrons. The maximum absolute atomic E-state index is 12.7. The number of benzene rings is 1. The molecule has 1 aromatic rings. The highest BCUT2D eigenvalue weighted by Crippen LogP contribution is 2.33. The van der Waals surface area contributed by atoms with Gasteiger partial charge >= 0.3 is 12.1 Å². The standard InChI is InChI=1S/C16H15ClF3NO3/c17-12-6-5-11(16(18,19)20)8-13(12)21-14(22)9-24-15(23)7-10-3-1-2-4-10/h1,3,5-6,8,10H,2,4,7,9H2,(H,21,22)/t10-/m0/s1. The molecule has 24 heavy (non-hydrogen) atoms. The molecule has 8 heteroatoms. The first-order valence-electron chi connectivity index (χ1n) is 7.24. The first-order valence-corrected chi connectivity index (χ1v) is 7.62. The molecule has 0 saturated heterocycles. The van der Waals surface area contributed by atoms with E-state index < -0.39 is 30.2 Å². The summed E-state index contributed by atoms with van der Waals surface area (Å²) in [7, 11) is 0. The van der Waals surface area contributed by atoms with Gasteiger partial charge in [0.15, 0.2) is 6.61 Å². The fraction of sp³-hybridized carbons (Fsp3) is 0.375. The van der Waals surface area contributed by atoms with Crippen molar-refractivity contribution in [2.24, 2.45) is 5.92 Å². The minimum Gasteiger partial charge on any atom is -0.456 e. The number of carbonyl (C=O) groups excluding carboxylic acids is 2. The number of hydrogen-bond donors (Lipinski definition) is 1. The summed E-state index contributed by atoms with van der Waals surface area (Å²) in [5.41, 5.74) is -1.13. The summed E-state index contributed by atoms with van der Waals surface area (Å²) in [6, 6.07) is 2.58. The molecule has 1 aromatic carbocycles. The van der Waals surface area contributed by atoms with Crippen molar-refractivity contribution >= 4 is 29.2 Å². The average molecular weight is 362 g/mol. The molecule has 0 aromatic heterocycles. The zero-order chi connectivity index (χ0) is 17.7. The summed E-state index contributed by atoms with van der Waals surface area (Å²) in [6.45, 7) is -0.582. The summed E-state index contributed by atoms with van der Waals surface area (Å²) in [4.78, 5) is 23.3. The van der Waals surface area contributed by atoms with Crippen LogP contribution in [0.3, 0.4) is 0 Å². The number of rotatable bonds is 5. The third kappa shape index (κ3) is 5.26. The van der Waals surface area contributed by atoms with Crippen LogP contribution in [0.5, 0.6) is 0 Å². The topological polar surface area (TPSA) is 55.4 Å². The molecular formula is C16H15ClF3NO3. The highest BCUT2D eigenvalue weighted by atomic mass is 35.5.